The first-order valence-electron chi connectivity index (χ1n) is 5.77. The molecule has 1 amide bonds. The third-order valence-corrected chi connectivity index (χ3v) is 3.09. The molecule has 0 spiro atoms. The molecule has 3 N–H and O–H groups in total. The summed E-state index contributed by atoms with van der Waals surface area (Å²) in [4.78, 5) is 22.7. The van der Waals surface area contributed by atoms with Crippen molar-refractivity contribution in [1.29, 1.82) is 0 Å². The van der Waals surface area contributed by atoms with Crippen LogP contribution in [0.25, 0.3) is 0 Å². The average molecular weight is 300 g/mol. The van der Waals surface area contributed by atoms with Crippen molar-refractivity contribution in [2.75, 3.05) is 19.3 Å². The number of hydrogen-bond acceptors (Lipinski definition) is 4. The number of aryl methyl sites for hydroxylation is 1. The second-order valence-electron chi connectivity index (χ2n) is 4.32. The van der Waals surface area contributed by atoms with E-state index >= 15 is 0 Å². The van der Waals surface area contributed by atoms with Gasteiger partial charge in [0.2, 0.25) is 10.0 Å². The predicted molar refractivity (Wildman–Crippen MR) is 73.3 cm³/mol. The maximum absolute atomic E-state index is 11.8. The summed E-state index contributed by atoms with van der Waals surface area (Å²) in [5, 5.41) is 11.4. The SMILES string of the molecule is Cc1cc(C(=O)O)cc(C(=O)NCCNS(C)(=O)=O)c1. The lowest BCUT2D eigenvalue weighted by molar-refractivity contribution is 0.0696. The van der Waals surface area contributed by atoms with E-state index in [1.54, 1.807) is 13.0 Å². The van der Waals surface area contributed by atoms with Crippen LogP contribution in [0.15, 0.2) is 18.2 Å². The maximum atomic E-state index is 11.8. The monoisotopic (exact) mass is 300 g/mol. The van der Waals surface area contributed by atoms with Gasteiger partial charge in [0.1, 0.15) is 0 Å². The molecule has 0 heterocycles. The van der Waals surface area contributed by atoms with E-state index in [0.717, 1.165) is 6.26 Å². The Morgan fingerprint density at radius 3 is 2.30 bits per heavy atom. The Morgan fingerprint density at radius 2 is 1.75 bits per heavy atom. The van der Waals surface area contributed by atoms with E-state index in [1.807, 2.05) is 0 Å². The lowest BCUT2D eigenvalue weighted by atomic mass is 10.1. The molecule has 0 aliphatic rings. The van der Waals surface area contributed by atoms with Crippen LogP contribution in [0.4, 0.5) is 0 Å². The molecule has 0 saturated heterocycles. The van der Waals surface area contributed by atoms with Crippen molar-refractivity contribution < 1.29 is 23.1 Å². The highest BCUT2D eigenvalue weighted by Gasteiger charge is 2.11. The molecule has 0 aliphatic heterocycles. The molecule has 1 rings (SSSR count). The number of nitrogens with one attached hydrogen (secondary N) is 2. The number of benzene rings is 1. The van der Waals surface area contributed by atoms with Gasteiger partial charge in [-0.3, -0.25) is 4.79 Å². The van der Waals surface area contributed by atoms with Crippen molar-refractivity contribution in [2.24, 2.45) is 0 Å². The van der Waals surface area contributed by atoms with E-state index in [-0.39, 0.29) is 24.2 Å². The van der Waals surface area contributed by atoms with Gasteiger partial charge in [-0.05, 0) is 30.7 Å². The van der Waals surface area contributed by atoms with E-state index in [1.165, 1.54) is 12.1 Å². The number of amides is 1. The second-order valence-corrected chi connectivity index (χ2v) is 6.15. The van der Waals surface area contributed by atoms with E-state index in [9.17, 15) is 18.0 Å². The van der Waals surface area contributed by atoms with E-state index in [0.29, 0.717) is 5.56 Å². The van der Waals surface area contributed by atoms with Gasteiger partial charge in [0.05, 0.1) is 11.8 Å². The summed E-state index contributed by atoms with van der Waals surface area (Å²) in [6.07, 6.45) is 1.02. The van der Waals surface area contributed by atoms with Gasteiger partial charge < -0.3 is 10.4 Å². The van der Waals surface area contributed by atoms with Crippen LogP contribution in [-0.2, 0) is 10.0 Å². The topological polar surface area (TPSA) is 113 Å². The first-order valence-corrected chi connectivity index (χ1v) is 7.66. The average Bonchev–Trinajstić information content (AvgIpc) is 2.32. The molecular weight excluding hydrogens is 284 g/mol. The fraction of sp³-hybridized carbons (Fsp3) is 0.333. The fourth-order valence-corrected chi connectivity index (χ4v) is 2.03. The van der Waals surface area contributed by atoms with Crippen molar-refractivity contribution >= 4 is 21.9 Å². The van der Waals surface area contributed by atoms with Gasteiger partial charge in [-0.15, -0.1) is 0 Å². The van der Waals surface area contributed by atoms with E-state index in [4.69, 9.17) is 5.11 Å². The van der Waals surface area contributed by atoms with Crippen LogP contribution in [0.5, 0.6) is 0 Å². The number of hydrogen-bond donors (Lipinski definition) is 3. The van der Waals surface area contributed by atoms with E-state index < -0.39 is 21.9 Å². The number of rotatable bonds is 6. The zero-order valence-electron chi connectivity index (χ0n) is 11.1. The molecule has 1 aromatic carbocycles. The lowest BCUT2D eigenvalue weighted by Gasteiger charge is -2.07. The quantitative estimate of drug-likeness (QED) is 0.639. The molecule has 7 nitrogen and oxygen atoms in total. The predicted octanol–water partition coefficient (Wildman–Crippen LogP) is -0.0278. The van der Waals surface area contributed by atoms with Gasteiger partial charge in [-0.1, -0.05) is 0 Å². The Bertz CT molecular complexity index is 625. The molecule has 20 heavy (non-hydrogen) atoms. The molecule has 0 radical (unpaired) electrons. The number of carbonyl (C=O) groups excluding carboxylic acids is 1. The molecule has 0 saturated carbocycles. The number of carbonyl (C=O) groups is 2. The molecule has 0 aliphatic carbocycles. The number of carboxylic acids is 1. The standard InChI is InChI=1S/C12H16N2O5S/c1-8-5-9(7-10(6-8)12(16)17)11(15)13-3-4-14-20(2,18)19/h5-7,14H,3-4H2,1-2H3,(H,13,15)(H,16,17). The molecule has 0 unspecified atom stereocenters. The molecule has 0 atom stereocenters. The summed E-state index contributed by atoms with van der Waals surface area (Å²) in [7, 11) is -3.29. The Kier molecular flexibility index (Phi) is 5.23. The summed E-state index contributed by atoms with van der Waals surface area (Å²) in [5.74, 6) is -1.56. The van der Waals surface area contributed by atoms with E-state index in [2.05, 4.69) is 10.0 Å². The third kappa shape index (κ3) is 5.37. The first-order chi connectivity index (χ1) is 9.19. The minimum absolute atomic E-state index is 0.0319. The molecular formula is C12H16N2O5S. The molecule has 0 fully saturated rings. The molecule has 1 aromatic rings. The van der Waals surface area contributed by atoms with Crippen LogP contribution in [0.2, 0.25) is 0 Å². The molecule has 8 heteroatoms. The summed E-state index contributed by atoms with van der Waals surface area (Å²) in [6.45, 7) is 1.87. The normalized spacial score (nSPS) is 11.1. The largest absolute Gasteiger partial charge is 0.478 e. The van der Waals surface area contributed by atoms with Crippen LogP contribution >= 0.6 is 0 Å². The van der Waals surface area contributed by atoms with Gasteiger partial charge in [0.15, 0.2) is 0 Å². The summed E-state index contributed by atoms with van der Waals surface area (Å²) in [5.41, 5.74) is 0.912. The van der Waals surface area contributed by atoms with Gasteiger partial charge in [-0.2, -0.15) is 0 Å². The zero-order chi connectivity index (χ0) is 15.3. The van der Waals surface area contributed by atoms with Crippen LogP contribution in [-0.4, -0.2) is 44.7 Å². The van der Waals surface area contributed by atoms with Crippen LogP contribution < -0.4 is 10.0 Å². The molecule has 0 aromatic heterocycles. The fourth-order valence-electron chi connectivity index (χ4n) is 1.55. The first kappa shape index (κ1) is 16.1. The Hall–Kier alpha value is -1.93. The van der Waals surface area contributed by atoms with Gasteiger partial charge >= 0.3 is 5.97 Å². The maximum Gasteiger partial charge on any atom is 0.335 e. The van der Waals surface area contributed by atoms with Gasteiger partial charge in [0.25, 0.3) is 5.91 Å². The summed E-state index contributed by atoms with van der Waals surface area (Å²) < 4.78 is 23.9. The minimum atomic E-state index is -3.29. The molecule has 0 bridgehead atoms. The lowest BCUT2D eigenvalue weighted by Crippen LogP contribution is -2.34. The highest BCUT2D eigenvalue weighted by atomic mass is 32.2. The Balaban J connectivity index is 2.66. The van der Waals surface area contributed by atoms with Gasteiger partial charge in [0, 0.05) is 18.7 Å². The Morgan fingerprint density at radius 1 is 1.15 bits per heavy atom. The molecule has 110 valence electrons. The van der Waals surface area contributed by atoms with Crippen molar-refractivity contribution in [3.8, 4) is 0 Å². The van der Waals surface area contributed by atoms with Crippen molar-refractivity contribution in [3.05, 3.63) is 34.9 Å². The van der Waals surface area contributed by atoms with Crippen LogP contribution in [0.1, 0.15) is 26.3 Å². The van der Waals surface area contributed by atoms with Gasteiger partial charge in [-0.25, -0.2) is 17.9 Å². The Labute approximate surface area is 117 Å². The number of sulfonamides is 1. The number of carboxylic acid groups (broad SMARTS) is 1. The second kappa shape index (κ2) is 6.49. The summed E-state index contributed by atoms with van der Waals surface area (Å²) in [6, 6.07) is 4.30. The minimum Gasteiger partial charge on any atom is -0.478 e. The van der Waals surface area contributed by atoms with Crippen molar-refractivity contribution in [3.63, 3.8) is 0 Å². The number of aromatic carboxylic acids is 1. The van der Waals surface area contributed by atoms with Crippen LogP contribution in [0.3, 0.4) is 0 Å². The van der Waals surface area contributed by atoms with Crippen LogP contribution in [0, 0.1) is 6.92 Å². The zero-order valence-corrected chi connectivity index (χ0v) is 12.0. The highest BCUT2D eigenvalue weighted by molar-refractivity contribution is 7.88. The third-order valence-electron chi connectivity index (χ3n) is 2.36. The summed E-state index contributed by atoms with van der Waals surface area (Å²) >= 11 is 0. The van der Waals surface area contributed by atoms with Crippen molar-refractivity contribution in [2.45, 2.75) is 6.92 Å². The van der Waals surface area contributed by atoms with Crippen molar-refractivity contribution in [1.82, 2.24) is 10.0 Å². The smallest absolute Gasteiger partial charge is 0.335 e. The highest BCUT2D eigenvalue weighted by Crippen LogP contribution is 2.09.